The molecule has 6 aromatic carbocycles. The number of carbonyl (C=O) groups excluding carboxylic acids is 1. The molecule has 2 aliphatic rings. The lowest BCUT2D eigenvalue weighted by molar-refractivity contribution is -0.131. The van der Waals surface area contributed by atoms with Crippen LogP contribution in [0, 0.1) is 0 Å². The van der Waals surface area contributed by atoms with Crippen molar-refractivity contribution < 1.29 is 33.6 Å². The molecule has 23 heteroatoms. The normalized spacial score (nSPS) is 13.6. The Balaban J connectivity index is 0.000000166. The van der Waals surface area contributed by atoms with Crippen LogP contribution in [0.3, 0.4) is 0 Å². The van der Waals surface area contributed by atoms with Crippen LogP contribution in [-0.2, 0) is 19.1 Å². The van der Waals surface area contributed by atoms with Gasteiger partial charge in [0.15, 0.2) is 22.9 Å². The number of para-hydroxylation sites is 2. The van der Waals surface area contributed by atoms with E-state index in [0.717, 1.165) is 50.8 Å². The largest absolute Gasteiger partial charge is 0.478 e. The van der Waals surface area contributed by atoms with Gasteiger partial charge in [-0.05, 0) is 109 Å². The number of imidazole rings is 2. The molecule has 2 aliphatic heterocycles. The van der Waals surface area contributed by atoms with E-state index >= 15 is 0 Å². The number of anilines is 4. The molecule has 0 unspecified atom stereocenters. The van der Waals surface area contributed by atoms with E-state index in [1.165, 1.54) is 37.0 Å². The van der Waals surface area contributed by atoms with Gasteiger partial charge in [0.05, 0.1) is 49.2 Å². The van der Waals surface area contributed by atoms with E-state index < -0.39 is 5.97 Å². The van der Waals surface area contributed by atoms with Gasteiger partial charge in [0.25, 0.3) is 0 Å². The van der Waals surface area contributed by atoms with Crippen LogP contribution in [-0.4, -0.2) is 145 Å². The fraction of sp³-hybridized carbons (Fsp3) is 0.188. The van der Waals surface area contributed by atoms with Gasteiger partial charge in [0.2, 0.25) is 5.91 Å². The minimum absolute atomic E-state index is 0.166. The summed E-state index contributed by atoms with van der Waals surface area (Å²) in [6.45, 7) is 7.77. The first-order valence-electron chi connectivity index (χ1n) is 27.9. The third-order valence-electron chi connectivity index (χ3n) is 14.1. The van der Waals surface area contributed by atoms with Gasteiger partial charge < -0.3 is 45.7 Å². The number of amides is 1. The number of nitrogen functional groups attached to an aromatic ring is 2. The number of rotatable bonds is 16. The zero-order chi connectivity index (χ0) is 60.7. The first-order valence-corrected chi connectivity index (χ1v) is 27.9. The zero-order valence-electron chi connectivity index (χ0n) is 47.8. The van der Waals surface area contributed by atoms with Crippen molar-refractivity contribution >= 4 is 57.2 Å². The van der Waals surface area contributed by atoms with Crippen molar-refractivity contribution in [3.63, 3.8) is 0 Å². The highest BCUT2D eigenvalue weighted by molar-refractivity contribution is 6.01. The minimum Gasteiger partial charge on any atom is -0.478 e. The van der Waals surface area contributed by atoms with Crippen molar-refractivity contribution in [2.24, 2.45) is 0 Å². The molecule has 0 atom stereocenters. The first kappa shape index (κ1) is 59.4. The number of carboxylic acid groups (broad SMARTS) is 1. The summed E-state index contributed by atoms with van der Waals surface area (Å²) < 4.78 is 28.3. The third kappa shape index (κ3) is 14.4. The van der Waals surface area contributed by atoms with Crippen LogP contribution in [0.15, 0.2) is 204 Å². The van der Waals surface area contributed by atoms with Crippen LogP contribution >= 0.6 is 0 Å². The Hall–Kier alpha value is -10.7. The van der Waals surface area contributed by atoms with E-state index in [1.54, 1.807) is 90.8 Å². The summed E-state index contributed by atoms with van der Waals surface area (Å²) in [7, 11) is 3.52. The van der Waals surface area contributed by atoms with Gasteiger partial charge in [0, 0.05) is 76.9 Å². The quantitative estimate of drug-likeness (QED) is 0.0673. The average Bonchev–Trinajstić information content (AvgIpc) is 1.84. The molecule has 0 spiro atoms. The molecule has 2 fully saturated rings. The molecule has 23 nitrogen and oxygen atoms in total. The van der Waals surface area contributed by atoms with E-state index in [-0.39, 0.29) is 28.9 Å². The monoisotopic (exact) mass is 1170 g/mol. The second kappa shape index (κ2) is 28.2. The Morgan fingerprint density at radius 3 is 1.45 bits per heavy atom. The number of nitrogens with one attached hydrogen (secondary N) is 1. The number of nitrogens with zero attached hydrogens (tertiary/aromatic N) is 11. The summed E-state index contributed by atoms with van der Waals surface area (Å²) in [6, 6.07) is 48.0. The van der Waals surface area contributed by atoms with Gasteiger partial charge in [0.1, 0.15) is 46.7 Å². The molecule has 6 heterocycles. The van der Waals surface area contributed by atoms with Crippen LogP contribution in [0.1, 0.15) is 0 Å². The molecule has 6 N–H and O–H groups in total. The standard InChI is InChI=1S/C32H31N7O4.C24H20N6O2.C8H13NO3/c1-36(28(40)11-6-16-37-17-19-42-20-18-37)24-7-5-8-25(21-24)39-31-29(30(33)34-22-35-31)38(32(39)41)23-12-14-27(15-13-23)43-26-9-3-2-4-10-26;1-26-16-6-5-7-18(14-16)30-23-21(22(25)27-15-28-23)29(24(30)31)17-10-12-20(13-11-17)32-19-8-3-2-4-9-19;10-8(11)2-1-3-9-4-6-12-7-5-9/h2-15,21-22H,16-20H2,1H3,(H2,33,34,35);2-15,26H,1H3,(H2,25,27,28);1-2H,3-7H2,(H,10,11)/b11-6+;;2-1+. The maximum absolute atomic E-state index is 14.0. The second-order valence-electron chi connectivity index (χ2n) is 19.8. The van der Waals surface area contributed by atoms with Gasteiger partial charge in [-0.15, -0.1) is 0 Å². The van der Waals surface area contributed by atoms with E-state index in [0.29, 0.717) is 94.3 Å². The van der Waals surface area contributed by atoms with E-state index in [9.17, 15) is 19.2 Å². The molecular formula is C64H64N14O9. The number of morpholine rings is 2. The van der Waals surface area contributed by atoms with Crippen molar-refractivity contribution in [3.8, 4) is 45.7 Å². The van der Waals surface area contributed by atoms with Crippen molar-refractivity contribution in [1.82, 2.24) is 48.0 Å². The lowest BCUT2D eigenvalue weighted by Crippen LogP contribution is -2.36. The van der Waals surface area contributed by atoms with Crippen LogP contribution in [0.4, 0.5) is 23.0 Å². The Morgan fingerprint density at radius 2 is 0.989 bits per heavy atom. The number of benzene rings is 6. The van der Waals surface area contributed by atoms with E-state index in [4.69, 9.17) is 35.5 Å². The number of hydrogen-bond acceptors (Lipinski definition) is 17. The van der Waals surface area contributed by atoms with Crippen LogP contribution in [0.25, 0.3) is 45.1 Å². The maximum Gasteiger partial charge on any atom is 0.339 e. The summed E-state index contributed by atoms with van der Waals surface area (Å²) in [6.07, 6.45) is 8.95. The summed E-state index contributed by atoms with van der Waals surface area (Å²) in [4.78, 5) is 73.6. The number of nitrogens with two attached hydrogens (primary N) is 2. The zero-order valence-corrected chi connectivity index (χ0v) is 47.8. The number of aromatic nitrogens is 8. The van der Waals surface area contributed by atoms with Gasteiger partial charge in [-0.1, -0.05) is 60.7 Å². The Kier molecular flexibility index (Phi) is 19.3. The molecule has 0 saturated carbocycles. The molecule has 10 aromatic rings. The molecule has 12 rings (SSSR count). The van der Waals surface area contributed by atoms with Crippen molar-refractivity contribution in [2.45, 2.75) is 0 Å². The van der Waals surface area contributed by atoms with Crippen LogP contribution < -0.4 is 42.5 Å². The summed E-state index contributed by atoms with van der Waals surface area (Å²) in [5, 5.41) is 11.4. The van der Waals surface area contributed by atoms with Gasteiger partial charge in [-0.2, -0.15) is 0 Å². The Bertz CT molecular complexity index is 4160. The number of likely N-dealkylation sites (N-methyl/N-ethyl adjacent to an activating group) is 1. The van der Waals surface area contributed by atoms with Gasteiger partial charge >= 0.3 is 17.3 Å². The topological polar surface area (TPSA) is 270 Å². The maximum atomic E-state index is 14.0. The molecular weight excluding hydrogens is 1110 g/mol. The number of carbonyl (C=O) groups is 2. The number of fused-ring (bicyclic) bond motifs is 2. The number of carboxylic acids is 1. The number of aliphatic carboxylic acids is 1. The van der Waals surface area contributed by atoms with Crippen LogP contribution in [0.2, 0.25) is 0 Å². The Morgan fingerprint density at radius 1 is 0.552 bits per heavy atom. The molecule has 0 bridgehead atoms. The fourth-order valence-corrected chi connectivity index (χ4v) is 9.67. The third-order valence-corrected chi connectivity index (χ3v) is 14.1. The summed E-state index contributed by atoms with van der Waals surface area (Å²) >= 11 is 0. The lowest BCUT2D eigenvalue weighted by Gasteiger charge is -2.25. The van der Waals surface area contributed by atoms with Crippen LogP contribution in [0.5, 0.6) is 23.0 Å². The summed E-state index contributed by atoms with van der Waals surface area (Å²) in [5.74, 6) is 2.04. The fourth-order valence-electron chi connectivity index (χ4n) is 9.67. The molecule has 4 aromatic heterocycles. The first-order chi connectivity index (χ1) is 42.4. The predicted molar refractivity (Wildman–Crippen MR) is 334 cm³/mol. The van der Waals surface area contributed by atoms with E-state index in [2.05, 4.69) is 35.1 Å². The molecule has 87 heavy (non-hydrogen) atoms. The predicted octanol–water partition coefficient (Wildman–Crippen LogP) is 7.74. The highest BCUT2D eigenvalue weighted by Gasteiger charge is 2.23. The van der Waals surface area contributed by atoms with E-state index in [1.807, 2.05) is 104 Å². The average molecular weight is 1170 g/mol. The SMILES string of the molecule is CN(C(=O)/C=C/CN1CCOCC1)c1cccc(-n2c(=O)n(-c3ccc(Oc4ccccc4)cc3)c3c(N)ncnc32)c1.CNc1cccc(-n2c(=O)n(-c3ccc(Oc4ccccc4)cc3)c3c(N)ncnc32)c1.O=C(O)/C=C/CN1CCOCC1. The highest BCUT2D eigenvalue weighted by atomic mass is 16.5. The molecule has 1 amide bonds. The lowest BCUT2D eigenvalue weighted by atomic mass is 10.2. The summed E-state index contributed by atoms with van der Waals surface area (Å²) in [5.41, 5.74) is 17.3. The number of ether oxygens (including phenoxy) is 4. The molecule has 444 valence electrons. The van der Waals surface area contributed by atoms with Crippen molar-refractivity contribution in [2.75, 3.05) is 101 Å². The Labute approximate surface area is 499 Å². The molecule has 0 radical (unpaired) electrons. The smallest absolute Gasteiger partial charge is 0.339 e. The van der Waals surface area contributed by atoms with Gasteiger partial charge in [-0.25, -0.2) is 43.5 Å². The molecule has 0 aliphatic carbocycles. The van der Waals surface area contributed by atoms with Gasteiger partial charge in [-0.3, -0.25) is 23.7 Å². The minimum atomic E-state index is -0.886. The highest BCUT2D eigenvalue weighted by Crippen LogP contribution is 2.29. The van der Waals surface area contributed by atoms with Crippen molar-refractivity contribution in [1.29, 1.82) is 0 Å². The second-order valence-corrected chi connectivity index (χ2v) is 19.8. The van der Waals surface area contributed by atoms with Crippen molar-refractivity contribution in [3.05, 3.63) is 216 Å². The number of hydrogen-bond donors (Lipinski definition) is 4. The molecule has 2 saturated heterocycles.